The van der Waals surface area contributed by atoms with Gasteiger partial charge >= 0.3 is 6.09 Å². The van der Waals surface area contributed by atoms with Crippen LogP contribution in [-0.4, -0.2) is 37.4 Å². The molecule has 0 saturated heterocycles. The lowest BCUT2D eigenvalue weighted by atomic mass is 10.2. The second-order valence-corrected chi connectivity index (χ2v) is 5.86. The fourth-order valence-corrected chi connectivity index (χ4v) is 1.89. The quantitative estimate of drug-likeness (QED) is 0.872. The van der Waals surface area contributed by atoms with Crippen LogP contribution in [0.15, 0.2) is 18.2 Å². The average molecular weight is 308 g/mol. The zero-order valence-corrected chi connectivity index (χ0v) is 13.1. The van der Waals surface area contributed by atoms with Crippen LogP contribution in [0, 0.1) is 0 Å². The molecule has 1 aromatic rings. The van der Waals surface area contributed by atoms with Gasteiger partial charge in [0.05, 0.1) is 12.8 Å². The van der Waals surface area contributed by atoms with E-state index in [0.717, 1.165) is 0 Å². The number of amides is 2. The number of hydrogen-bond acceptors (Lipinski definition) is 5. The Morgan fingerprint density at radius 3 is 2.77 bits per heavy atom. The van der Waals surface area contributed by atoms with E-state index < -0.39 is 17.7 Å². The van der Waals surface area contributed by atoms with Crippen LogP contribution in [0.4, 0.5) is 10.5 Å². The molecule has 1 heterocycles. The van der Waals surface area contributed by atoms with Crippen molar-refractivity contribution in [1.82, 2.24) is 5.32 Å². The summed E-state index contributed by atoms with van der Waals surface area (Å²) in [6.07, 6.45) is -0.667. The molecule has 0 bridgehead atoms. The van der Waals surface area contributed by atoms with Crippen molar-refractivity contribution in [2.45, 2.75) is 32.4 Å². The summed E-state index contributed by atoms with van der Waals surface area (Å²) >= 11 is 0. The fourth-order valence-electron chi connectivity index (χ4n) is 1.89. The molecule has 0 aromatic heterocycles. The molecule has 1 aliphatic rings. The number of rotatable bonds is 2. The summed E-state index contributed by atoms with van der Waals surface area (Å²) in [7, 11) is 1.54. The lowest BCUT2D eigenvalue weighted by molar-refractivity contribution is -0.118. The summed E-state index contributed by atoms with van der Waals surface area (Å²) in [5, 5.41) is 5.20. The highest BCUT2D eigenvalue weighted by atomic mass is 16.6. The van der Waals surface area contributed by atoms with Crippen molar-refractivity contribution in [3.63, 3.8) is 0 Å². The third-order valence-electron chi connectivity index (χ3n) is 2.86. The van der Waals surface area contributed by atoms with Gasteiger partial charge in [-0.15, -0.1) is 0 Å². The van der Waals surface area contributed by atoms with Crippen molar-refractivity contribution >= 4 is 17.7 Å². The molecule has 0 spiro atoms. The van der Waals surface area contributed by atoms with Gasteiger partial charge in [0.1, 0.15) is 29.7 Å². The van der Waals surface area contributed by atoms with E-state index in [-0.39, 0.29) is 12.5 Å². The molecule has 1 atom stereocenters. The van der Waals surface area contributed by atoms with Crippen molar-refractivity contribution < 1.29 is 23.8 Å². The number of carbonyl (C=O) groups is 2. The van der Waals surface area contributed by atoms with Crippen LogP contribution >= 0.6 is 0 Å². The highest BCUT2D eigenvalue weighted by Gasteiger charge is 2.28. The van der Waals surface area contributed by atoms with Gasteiger partial charge in [-0.2, -0.15) is 0 Å². The van der Waals surface area contributed by atoms with E-state index in [9.17, 15) is 9.59 Å². The van der Waals surface area contributed by atoms with E-state index in [1.807, 2.05) is 0 Å². The first-order valence-corrected chi connectivity index (χ1v) is 6.90. The smallest absolute Gasteiger partial charge is 0.408 e. The van der Waals surface area contributed by atoms with E-state index in [1.54, 1.807) is 39.0 Å². The highest BCUT2D eigenvalue weighted by Crippen LogP contribution is 2.30. The van der Waals surface area contributed by atoms with Crippen LogP contribution in [0.2, 0.25) is 0 Å². The SMILES string of the molecule is COc1ccc2c(c1)NC(=O)C(NC(=O)OC(C)(C)C)CO2. The highest BCUT2D eigenvalue weighted by molar-refractivity contribution is 5.98. The van der Waals surface area contributed by atoms with Crippen LogP contribution < -0.4 is 20.1 Å². The number of fused-ring (bicyclic) bond motifs is 1. The van der Waals surface area contributed by atoms with Gasteiger partial charge in [-0.1, -0.05) is 0 Å². The van der Waals surface area contributed by atoms with E-state index >= 15 is 0 Å². The summed E-state index contributed by atoms with van der Waals surface area (Å²) in [5.41, 5.74) is -0.138. The van der Waals surface area contributed by atoms with E-state index in [1.165, 1.54) is 7.11 Å². The molecule has 2 rings (SSSR count). The standard InChI is InChI=1S/C15H20N2O5/c1-15(2,3)22-14(19)17-11-8-21-12-6-5-9(20-4)7-10(12)16-13(11)18/h5-7,11H,8H2,1-4H3,(H,16,18)(H,17,19). The molecule has 7 heteroatoms. The lowest BCUT2D eigenvalue weighted by Crippen LogP contribution is -2.48. The summed E-state index contributed by atoms with van der Waals surface area (Å²) in [6.45, 7) is 5.26. The summed E-state index contributed by atoms with van der Waals surface area (Å²) in [4.78, 5) is 23.9. The predicted molar refractivity (Wildman–Crippen MR) is 80.3 cm³/mol. The average Bonchev–Trinajstić information content (AvgIpc) is 2.56. The summed E-state index contributed by atoms with van der Waals surface area (Å²) in [5.74, 6) is 0.738. The van der Waals surface area contributed by atoms with Crippen LogP contribution in [0.5, 0.6) is 11.5 Å². The number of methoxy groups -OCH3 is 1. The Hall–Kier alpha value is -2.44. The van der Waals surface area contributed by atoms with Crippen LogP contribution in [0.1, 0.15) is 20.8 Å². The molecule has 1 unspecified atom stereocenters. The first kappa shape index (κ1) is 15.9. The molecular weight excluding hydrogens is 288 g/mol. The minimum absolute atomic E-state index is 0.0183. The lowest BCUT2D eigenvalue weighted by Gasteiger charge is -2.22. The van der Waals surface area contributed by atoms with Gasteiger partial charge < -0.3 is 24.8 Å². The Kier molecular flexibility index (Phi) is 4.44. The van der Waals surface area contributed by atoms with Gasteiger partial charge in [-0.25, -0.2) is 4.79 Å². The van der Waals surface area contributed by atoms with Crippen LogP contribution in [0.3, 0.4) is 0 Å². The Morgan fingerprint density at radius 1 is 1.41 bits per heavy atom. The third kappa shape index (κ3) is 4.03. The number of nitrogens with one attached hydrogen (secondary N) is 2. The number of alkyl carbamates (subject to hydrolysis) is 1. The molecule has 120 valence electrons. The monoisotopic (exact) mass is 308 g/mol. The van der Waals surface area contributed by atoms with Crippen molar-refractivity contribution in [2.24, 2.45) is 0 Å². The Labute approximate surface area is 128 Å². The zero-order valence-electron chi connectivity index (χ0n) is 13.1. The number of anilines is 1. The molecule has 0 aliphatic carbocycles. The second-order valence-electron chi connectivity index (χ2n) is 5.86. The Morgan fingerprint density at radius 2 is 2.14 bits per heavy atom. The molecule has 2 amide bonds. The van der Waals surface area contributed by atoms with Gasteiger partial charge in [-0.3, -0.25) is 4.79 Å². The zero-order chi connectivity index (χ0) is 16.3. The van der Waals surface area contributed by atoms with E-state index in [2.05, 4.69) is 10.6 Å². The Bertz CT molecular complexity index is 580. The van der Waals surface area contributed by atoms with Gasteiger partial charge in [0, 0.05) is 6.07 Å². The molecule has 1 aromatic carbocycles. The van der Waals surface area contributed by atoms with E-state index in [4.69, 9.17) is 14.2 Å². The molecular formula is C15H20N2O5. The summed E-state index contributed by atoms with van der Waals surface area (Å²) in [6, 6.07) is 4.24. The van der Waals surface area contributed by atoms with Crippen molar-refractivity contribution in [3.05, 3.63) is 18.2 Å². The maximum absolute atomic E-state index is 12.2. The van der Waals surface area contributed by atoms with Crippen molar-refractivity contribution in [2.75, 3.05) is 19.0 Å². The topological polar surface area (TPSA) is 85.9 Å². The molecule has 22 heavy (non-hydrogen) atoms. The van der Waals surface area contributed by atoms with Crippen LogP contribution in [-0.2, 0) is 9.53 Å². The first-order chi connectivity index (χ1) is 10.3. The Balaban J connectivity index is 2.06. The summed E-state index contributed by atoms with van der Waals surface area (Å²) < 4.78 is 15.8. The largest absolute Gasteiger partial charge is 0.497 e. The number of benzene rings is 1. The predicted octanol–water partition coefficient (Wildman–Crippen LogP) is 1.92. The maximum atomic E-state index is 12.2. The van der Waals surface area contributed by atoms with Gasteiger partial charge in [-0.05, 0) is 32.9 Å². The van der Waals surface area contributed by atoms with Crippen molar-refractivity contribution in [3.8, 4) is 11.5 Å². The molecule has 1 aliphatic heterocycles. The molecule has 0 saturated carbocycles. The number of hydrogen-bond donors (Lipinski definition) is 2. The minimum atomic E-state index is -0.840. The number of ether oxygens (including phenoxy) is 3. The third-order valence-corrected chi connectivity index (χ3v) is 2.86. The second kappa shape index (κ2) is 6.13. The van der Waals surface area contributed by atoms with Gasteiger partial charge in [0.2, 0.25) is 0 Å². The minimum Gasteiger partial charge on any atom is -0.497 e. The molecule has 7 nitrogen and oxygen atoms in total. The fraction of sp³-hybridized carbons (Fsp3) is 0.467. The van der Waals surface area contributed by atoms with Crippen LogP contribution in [0.25, 0.3) is 0 Å². The molecule has 2 N–H and O–H groups in total. The first-order valence-electron chi connectivity index (χ1n) is 6.90. The van der Waals surface area contributed by atoms with Gasteiger partial charge in [0.15, 0.2) is 0 Å². The maximum Gasteiger partial charge on any atom is 0.408 e. The van der Waals surface area contributed by atoms with E-state index in [0.29, 0.717) is 17.2 Å². The molecule has 0 fully saturated rings. The van der Waals surface area contributed by atoms with Crippen molar-refractivity contribution in [1.29, 1.82) is 0 Å². The normalized spacial score (nSPS) is 17.5. The number of carbonyl (C=O) groups excluding carboxylic acids is 2. The molecule has 0 radical (unpaired) electrons. The van der Waals surface area contributed by atoms with Gasteiger partial charge in [0.25, 0.3) is 5.91 Å².